The lowest BCUT2D eigenvalue weighted by Crippen LogP contribution is -2.23. The maximum atomic E-state index is 14.0. The fourth-order valence-electron chi connectivity index (χ4n) is 3.22. The van der Waals surface area contributed by atoms with Gasteiger partial charge in [0.1, 0.15) is 10.6 Å². The first-order valence-electron chi connectivity index (χ1n) is 9.71. The standard InChI is InChI=1S/C22H17FN4O4S2/c1-12-13(2)33-20-19(12)21(29)26(14-6-4-3-5-7-14)22(25-20)32-11-18(28)24-17-10-15(27(30)31)8-9-16(17)23/h3-10H,11H2,1-2H3,(H,24,28). The van der Waals surface area contributed by atoms with Crippen LogP contribution < -0.4 is 10.9 Å². The first-order valence-corrected chi connectivity index (χ1v) is 11.5. The Hall–Kier alpha value is -3.57. The molecule has 8 nitrogen and oxygen atoms in total. The number of benzene rings is 2. The molecular formula is C22H17FN4O4S2. The highest BCUT2D eigenvalue weighted by Crippen LogP contribution is 2.30. The van der Waals surface area contributed by atoms with E-state index in [4.69, 9.17) is 0 Å². The molecule has 0 radical (unpaired) electrons. The van der Waals surface area contributed by atoms with Gasteiger partial charge in [-0.15, -0.1) is 11.3 Å². The smallest absolute Gasteiger partial charge is 0.271 e. The lowest BCUT2D eigenvalue weighted by atomic mass is 10.2. The van der Waals surface area contributed by atoms with E-state index < -0.39 is 16.6 Å². The van der Waals surface area contributed by atoms with Gasteiger partial charge in [0.25, 0.3) is 11.2 Å². The van der Waals surface area contributed by atoms with E-state index in [0.717, 1.165) is 40.4 Å². The van der Waals surface area contributed by atoms with Crippen molar-refractivity contribution in [1.29, 1.82) is 0 Å². The summed E-state index contributed by atoms with van der Waals surface area (Å²) in [6, 6.07) is 11.9. The van der Waals surface area contributed by atoms with Crippen LogP contribution in [0.4, 0.5) is 15.8 Å². The van der Waals surface area contributed by atoms with Gasteiger partial charge in [0.05, 0.1) is 27.4 Å². The largest absolute Gasteiger partial charge is 0.323 e. The summed E-state index contributed by atoms with van der Waals surface area (Å²) in [5.74, 6) is -1.56. The van der Waals surface area contributed by atoms with E-state index in [1.54, 1.807) is 24.3 Å². The molecule has 11 heteroatoms. The third kappa shape index (κ3) is 4.50. The van der Waals surface area contributed by atoms with Crippen molar-refractivity contribution >= 4 is 50.6 Å². The zero-order chi connectivity index (χ0) is 23.7. The molecule has 0 fully saturated rings. The molecule has 0 unspecified atom stereocenters. The van der Waals surface area contributed by atoms with Crippen LogP contribution in [0.15, 0.2) is 58.5 Å². The SMILES string of the molecule is Cc1sc2nc(SCC(=O)Nc3cc([N+](=O)[O-])ccc3F)n(-c3ccccc3)c(=O)c2c1C. The van der Waals surface area contributed by atoms with Crippen LogP contribution in [0.25, 0.3) is 15.9 Å². The first kappa shape index (κ1) is 22.6. The number of anilines is 1. The number of nitro benzene ring substituents is 1. The molecular weight excluding hydrogens is 467 g/mol. The molecule has 2 aromatic heterocycles. The summed E-state index contributed by atoms with van der Waals surface area (Å²) in [5.41, 5.74) is 0.608. The number of thiophene rings is 1. The van der Waals surface area contributed by atoms with E-state index >= 15 is 0 Å². The number of non-ortho nitro benzene ring substituents is 1. The quantitative estimate of drug-likeness (QED) is 0.182. The molecule has 1 N–H and O–H groups in total. The number of rotatable bonds is 6. The number of hydrogen-bond donors (Lipinski definition) is 1. The summed E-state index contributed by atoms with van der Waals surface area (Å²) in [4.78, 5) is 42.3. The number of aromatic nitrogens is 2. The Morgan fingerprint density at radius 1 is 1.24 bits per heavy atom. The number of aryl methyl sites for hydroxylation is 2. The molecule has 0 aliphatic heterocycles. The van der Waals surface area contributed by atoms with Crippen molar-refractivity contribution in [3.8, 4) is 5.69 Å². The van der Waals surface area contributed by atoms with Crippen LogP contribution >= 0.6 is 23.1 Å². The number of nitrogens with one attached hydrogen (secondary N) is 1. The molecule has 0 saturated carbocycles. The average Bonchev–Trinajstić information content (AvgIpc) is 3.07. The predicted octanol–water partition coefficient (Wildman–Crippen LogP) is 4.84. The molecule has 0 aliphatic carbocycles. The van der Waals surface area contributed by atoms with Gasteiger partial charge in [0.2, 0.25) is 5.91 Å². The first-order chi connectivity index (χ1) is 15.8. The second-order valence-electron chi connectivity index (χ2n) is 7.09. The summed E-state index contributed by atoms with van der Waals surface area (Å²) >= 11 is 2.42. The summed E-state index contributed by atoms with van der Waals surface area (Å²) < 4.78 is 15.5. The zero-order valence-corrected chi connectivity index (χ0v) is 19.1. The van der Waals surface area contributed by atoms with Crippen molar-refractivity contribution in [3.05, 3.63) is 85.3 Å². The van der Waals surface area contributed by atoms with Crippen molar-refractivity contribution in [2.24, 2.45) is 0 Å². The number of fused-ring (bicyclic) bond motifs is 1. The summed E-state index contributed by atoms with van der Waals surface area (Å²) in [7, 11) is 0. The topological polar surface area (TPSA) is 107 Å². The Bertz CT molecular complexity index is 1450. The second-order valence-corrected chi connectivity index (χ2v) is 9.24. The Kier molecular flexibility index (Phi) is 6.25. The van der Waals surface area contributed by atoms with Gasteiger partial charge in [-0.3, -0.25) is 24.3 Å². The van der Waals surface area contributed by atoms with Crippen LogP contribution in [-0.2, 0) is 4.79 Å². The molecule has 0 bridgehead atoms. The van der Waals surface area contributed by atoms with Crippen LogP contribution in [0.2, 0.25) is 0 Å². The number of hydrogen-bond acceptors (Lipinski definition) is 7. The fraction of sp³-hybridized carbons (Fsp3) is 0.136. The van der Waals surface area contributed by atoms with Crippen molar-refractivity contribution in [2.75, 3.05) is 11.1 Å². The molecule has 0 saturated heterocycles. The van der Waals surface area contributed by atoms with Crippen molar-refractivity contribution in [2.45, 2.75) is 19.0 Å². The molecule has 1 amide bonds. The Labute approximate surface area is 195 Å². The molecule has 4 aromatic rings. The highest BCUT2D eigenvalue weighted by Gasteiger charge is 2.19. The molecule has 0 atom stereocenters. The van der Waals surface area contributed by atoms with Crippen LogP contribution in [0, 0.1) is 29.8 Å². The third-order valence-electron chi connectivity index (χ3n) is 4.95. The van der Waals surface area contributed by atoms with Gasteiger partial charge in [0, 0.05) is 17.0 Å². The number of carbonyl (C=O) groups is 1. The minimum atomic E-state index is -0.788. The molecule has 2 aromatic carbocycles. The van der Waals surface area contributed by atoms with Crippen molar-refractivity contribution in [3.63, 3.8) is 0 Å². The third-order valence-corrected chi connectivity index (χ3v) is 6.99. The molecule has 0 aliphatic rings. The average molecular weight is 485 g/mol. The highest BCUT2D eigenvalue weighted by atomic mass is 32.2. The maximum absolute atomic E-state index is 14.0. The Morgan fingerprint density at radius 2 is 1.97 bits per heavy atom. The van der Waals surface area contributed by atoms with Crippen LogP contribution in [0.3, 0.4) is 0 Å². The Balaban J connectivity index is 1.66. The summed E-state index contributed by atoms with van der Waals surface area (Å²) in [6.07, 6.45) is 0. The Morgan fingerprint density at radius 3 is 2.67 bits per heavy atom. The molecule has 4 rings (SSSR count). The fourth-order valence-corrected chi connectivity index (χ4v) is 5.10. The molecule has 2 heterocycles. The number of amides is 1. The predicted molar refractivity (Wildman–Crippen MR) is 127 cm³/mol. The maximum Gasteiger partial charge on any atom is 0.271 e. The van der Waals surface area contributed by atoms with Crippen LogP contribution in [0.1, 0.15) is 10.4 Å². The lowest BCUT2D eigenvalue weighted by Gasteiger charge is -2.12. The van der Waals surface area contributed by atoms with Gasteiger partial charge in [-0.2, -0.15) is 0 Å². The van der Waals surface area contributed by atoms with Gasteiger partial charge in [-0.05, 0) is 37.6 Å². The number of nitrogens with zero attached hydrogens (tertiary/aromatic N) is 3. The van der Waals surface area contributed by atoms with Gasteiger partial charge in [-0.25, -0.2) is 9.37 Å². The van der Waals surface area contributed by atoms with E-state index in [9.17, 15) is 24.1 Å². The summed E-state index contributed by atoms with van der Waals surface area (Å²) in [5, 5.41) is 14.1. The monoisotopic (exact) mass is 484 g/mol. The van der Waals surface area contributed by atoms with Crippen molar-refractivity contribution < 1.29 is 14.1 Å². The summed E-state index contributed by atoms with van der Waals surface area (Å²) in [6.45, 7) is 3.79. The van der Waals surface area contributed by atoms with E-state index in [1.807, 2.05) is 19.9 Å². The molecule has 168 valence electrons. The van der Waals surface area contributed by atoms with Crippen LogP contribution in [-0.4, -0.2) is 26.1 Å². The molecule has 33 heavy (non-hydrogen) atoms. The van der Waals surface area contributed by atoms with E-state index in [2.05, 4.69) is 10.3 Å². The highest BCUT2D eigenvalue weighted by molar-refractivity contribution is 7.99. The normalized spacial score (nSPS) is 11.0. The number of halogens is 1. The zero-order valence-electron chi connectivity index (χ0n) is 17.5. The number of para-hydroxylation sites is 1. The minimum absolute atomic E-state index is 0.184. The van der Waals surface area contributed by atoms with E-state index in [1.165, 1.54) is 15.9 Å². The van der Waals surface area contributed by atoms with E-state index in [0.29, 0.717) is 21.1 Å². The number of thioether (sulfide) groups is 1. The van der Waals surface area contributed by atoms with Crippen molar-refractivity contribution in [1.82, 2.24) is 9.55 Å². The number of carbonyl (C=O) groups excluding carboxylic acids is 1. The van der Waals surface area contributed by atoms with E-state index in [-0.39, 0.29) is 22.7 Å². The number of nitro groups is 1. The van der Waals surface area contributed by atoms with Gasteiger partial charge < -0.3 is 5.32 Å². The van der Waals surface area contributed by atoms with Gasteiger partial charge >= 0.3 is 0 Å². The minimum Gasteiger partial charge on any atom is -0.323 e. The van der Waals surface area contributed by atoms with Gasteiger partial charge in [0.15, 0.2) is 5.16 Å². The van der Waals surface area contributed by atoms with Crippen LogP contribution in [0.5, 0.6) is 0 Å². The lowest BCUT2D eigenvalue weighted by molar-refractivity contribution is -0.384. The molecule has 0 spiro atoms. The van der Waals surface area contributed by atoms with Gasteiger partial charge in [-0.1, -0.05) is 30.0 Å². The second kappa shape index (κ2) is 9.12.